The Balaban J connectivity index is 1.83. The van der Waals surface area contributed by atoms with Gasteiger partial charge in [0.05, 0.1) is 6.42 Å². The molecule has 0 aliphatic rings. The van der Waals surface area contributed by atoms with Gasteiger partial charge in [0.1, 0.15) is 0 Å². The minimum atomic E-state index is 0.153. The number of aromatic nitrogens is 1. The summed E-state index contributed by atoms with van der Waals surface area (Å²) in [7, 11) is 1.85. The van der Waals surface area contributed by atoms with Crippen molar-refractivity contribution in [3.8, 4) is 0 Å². The van der Waals surface area contributed by atoms with Crippen molar-refractivity contribution in [3.63, 3.8) is 0 Å². The van der Waals surface area contributed by atoms with Crippen molar-refractivity contribution in [1.29, 1.82) is 0 Å². The molecule has 0 saturated heterocycles. The second-order valence-electron chi connectivity index (χ2n) is 4.58. The molecule has 0 N–H and O–H groups in total. The first kappa shape index (κ1) is 13.3. The summed E-state index contributed by atoms with van der Waals surface area (Å²) in [5, 5.41) is 0. The standard InChI is InChI=1S/C16H18N2O/c1-18(12-9-14-7-10-17-11-8-14)16(19)13-15-5-3-2-4-6-15/h2-8,10-11H,9,12-13H2,1H3. The lowest BCUT2D eigenvalue weighted by molar-refractivity contribution is -0.129. The van der Waals surface area contributed by atoms with Crippen LogP contribution in [0.1, 0.15) is 11.1 Å². The van der Waals surface area contributed by atoms with Crippen molar-refractivity contribution in [2.45, 2.75) is 12.8 Å². The average Bonchev–Trinajstić information content (AvgIpc) is 2.47. The molecule has 98 valence electrons. The van der Waals surface area contributed by atoms with Crippen LogP contribution in [0.3, 0.4) is 0 Å². The molecule has 3 heteroatoms. The number of carbonyl (C=O) groups excluding carboxylic acids is 1. The maximum atomic E-state index is 12.0. The van der Waals surface area contributed by atoms with Crippen LogP contribution in [0.15, 0.2) is 54.9 Å². The van der Waals surface area contributed by atoms with E-state index in [2.05, 4.69) is 4.98 Å². The van der Waals surface area contributed by atoms with E-state index < -0.39 is 0 Å². The second kappa shape index (κ2) is 6.69. The van der Waals surface area contributed by atoms with Gasteiger partial charge in [-0.2, -0.15) is 0 Å². The van der Waals surface area contributed by atoms with E-state index in [9.17, 15) is 4.79 Å². The molecular weight excluding hydrogens is 236 g/mol. The minimum Gasteiger partial charge on any atom is -0.345 e. The van der Waals surface area contributed by atoms with Crippen molar-refractivity contribution < 1.29 is 4.79 Å². The number of hydrogen-bond acceptors (Lipinski definition) is 2. The fourth-order valence-electron chi connectivity index (χ4n) is 1.88. The van der Waals surface area contributed by atoms with E-state index >= 15 is 0 Å². The topological polar surface area (TPSA) is 33.2 Å². The highest BCUT2D eigenvalue weighted by Gasteiger charge is 2.09. The van der Waals surface area contributed by atoms with Gasteiger partial charge in [0.15, 0.2) is 0 Å². The summed E-state index contributed by atoms with van der Waals surface area (Å²) in [6, 6.07) is 13.8. The van der Waals surface area contributed by atoms with Crippen molar-refractivity contribution in [2.24, 2.45) is 0 Å². The van der Waals surface area contributed by atoms with Gasteiger partial charge >= 0.3 is 0 Å². The first-order chi connectivity index (χ1) is 9.25. The van der Waals surface area contributed by atoms with Crippen LogP contribution in [0, 0.1) is 0 Å². The van der Waals surface area contributed by atoms with Gasteiger partial charge in [-0.1, -0.05) is 30.3 Å². The molecule has 1 heterocycles. The number of benzene rings is 1. The highest BCUT2D eigenvalue weighted by Crippen LogP contribution is 2.04. The van der Waals surface area contributed by atoms with Gasteiger partial charge in [-0.25, -0.2) is 0 Å². The molecule has 0 unspecified atom stereocenters. The Kier molecular flexibility index (Phi) is 4.67. The van der Waals surface area contributed by atoms with E-state index in [1.807, 2.05) is 49.5 Å². The lowest BCUT2D eigenvalue weighted by Gasteiger charge is -2.17. The first-order valence-electron chi connectivity index (χ1n) is 6.42. The number of carbonyl (C=O) groups is 1. The van der Waals surface area contributed by atoms with Crippen LogP contribution in [-0.4, -0.2) is 29.4 Å². The smallest absolute Gasteiger partial charge is 0.226 e. The van der Waals surface area contributed by atoms with Crippen LogP contribution in [0.5, 0.6) is 0 Å². The van der Waals surface area contributed by atoms with Crippen LogP contribution in [0.4, 0.5) is 0 Å². The maximum Gasteiger partial charge on any atom is 0.226 e. The minimum absolute atomic E-state index is 0.153. The lowest BCUT2D eigenvalue weighted by Crippen LogP contribution is -2.30. The third-order valence-corrected chi connectivity index (χ3v) is 3.11. The molecule has 0 saturated carbocycles. The summed E-state index contributed by atoms with van der Waals surface area (Å²) in [6.07, 6.45) is 4.88. The number of rotatable bonds is 5. The van der Waals surface area contributed by atoms with Crippen LogP contribution in [0.2, 0.25) is 0 Å². The maximum absolute atomic E-state index is 12.0. The SMILES string of the molecule is CN(CCc1ccncc1)C(=O)Cc1ccccc1. The Bertz CT molecular complexity index is 511. The zero-order valence-corrected chi connectivity index (χ0v) is 11.1. The first-order valence-corrected chi connectivity index (χ1v) is 6.42. The van der Waals surface area contributed by atoms with E-state index in [0.29, 0.717) is 6.42 Å². The Morgan fingerprint density at radius 3 is 2.42 bits per heavy atom. The second-order valence-corrected chi connectivity index (χ2v) is 4.58. The summed E-state index contributed by atoms with van der Waals surface area (Å²) in [5.74, 6) is 0.153. The number of hydrogen-bond donors (Lipinski definition) is 0. The number of pyridine rings is 1. The molecule has 3 nitrogen and oxygen atoms in total. The summed E-state index contributed by atoms with van der Waals surface area (Å²) >= 11 is 0. The molecule has 0 radical (unpaired) electrons. The molecule has 2 aromatic rings. The van der Waals surface area contributed by atoms with Gasteiger partial charge in [-0.3, -0.25) is 9.78 Å². The van der Waals surface area contributed by atoms with Gasteiger partial charge in [-0.15, -0.1) is 0 Å². The molecule has 0 bridgehead atoms. The monoisotopic (exact) mass is 254 g/mol. The fraction of sp³-hybridized carbons (Fsp3) is 0.250. The van der Waals surface area contributed by atoms with Gasteiger partial charge in [-0.05, 0) is 29.7 Å². The molecule has 1 amide bonds. The summed E-state index contributed by atoms with van der Waals surface area (Å²) in [5.41, 5.74) is 2.26. The van der Waals surface area contributed by atoms with Crippen molar-refractivity contribution in [2.75, 3.05) is 13.6 Å². The molecule has 1 aromatic heterocycles. The zero-order valence-electron chi connectivity index (χ0n) is 11.1. The van der Waals surface area contributed by atoms with E-state index in [0.717, 1.165) is 18.5 Å². The molecule has 0 aliphatic heterocycles. The van der Waals surface area contributed by atoms with Gasteiger partial charge in [0.25, 0.3) is 0 Å². The predicted octanol–water partition coefficient (Wildman–Crippen LogP) is 2.33. The average molecular weight is 254 g/mol. The van der Waals surface area contributed by atoms with Crippen LogP contribution < -0.4 is 0 Å². The fourth-order valence-corrected chi connectivity index (χ4v) is 1.88. The van der Waals surface area contributed by atoms with E-state index in [-0.39, 0.29) is 5.91 Å². The lowest BCUT2D eigenvalue weighted by atomic mass is 10.1. The van der Waals surface area contributed by atoms with Gasteiger partial charge < -0.3 is 4.90 Å². The molecule has 2 rings (SSSR count). The summed E-state index contributed by atoms with van der Waals surface area (Å²) < 4.78 is 0. The van der Waals surface area contributed by atoms with E-state index in [1.54, 1.807) is 17.3 Å². The summed E-state index contributed by atoms with van der Waals surface area (Å²) in [4.78, 5) is 17.8. The van der Waals surface area contributed by atoms with Crippen LogP contribution >= 0.6 is 0 Å². The van der Waals surface area contributed by atoms with E-state index in [4.69, 9.17) is 0 Å². The van der Waals surface area contributed by atoms with Gasteiger partial charge in [0, 0.05) is 26.0 Å². The molecular formula is C16H18N2O. The predicted molar refractivity (Wildman–Crippen MR) is 75.7 cm³/mol. The van der Waals surface area contributed by atoms with Crippen LogP contribution in [0.25, 0.3) is 0 Å². The Morgan fingerprint density at radius 1 is 1.05 bits per heavy atom. The quantitative estimate of drug-likeness (QED) is 0.820. The molecule has 0 atom stereocenters. The largest absolute Gasteiger partial charge is 0.345 e. The normalized spacial score (nSPS) is 10.2. The third-order valence-electron chi connectivity index (χ3n) is 3.11. The van der Waals surface area contributed by atoms with Crippen LogP contribution in [-0.2, 0) is 17.6 Å². The molecule has 0 spiro atoms. The number of amides is 1. The Morgan fingerprint density at radius 2 is 1.74 bits per heavy atom. The molecule has 0 fully saturated rings. The van der Waals surface area contributed by atoms with Crippen molar-refractivity contribution in [3.05, 3.63) is 66.0 Å². The number of likely N-dealkylation sites (N-methyl/N-ethyl adjacent to an activating group) is 1. The van der Waals surface area contributed by atoms with Gasteiger partial charge in [0.2, 0.25) is 5.91 Å². The van der Waals surface area contributed by atoms with Crippen molar-refractivity contribution >= 4 is 5.91 Å². The Labute approximate surface area is 113 Å². The Hall–Kier alpha value is -2.16. The highest BCUT2D eigenvalue weighted by atomic mass is 16.2. The van der Waals surface area contributed by atoms with E-state index in [1.165, 1.54) is 5.56 Å². The molecule has 1 aromatic carbocycles. The third kappa shape index (κ3) is 4.21. The molecule has 19 heavy (non-hydrogen) atoms. The highest BCUT2D eigenvalue weighted by molar-refractivity contribution is 5.78. The number of nitrogens with zero attached hydrogens (tertiary/aromatic N) is 2. The summed E-state index contributed by atoms with van der Waals surface area (Å²) in [6.45, 7) is 0.732. The van der Waals surface area contributed by atoms with Crippen molar-refractivity contribution in [1.82, 2.24) is 9.88 Å². The zero-order chi connectivity index (χ0) is 13.5. The molecule has 0 aliphatic carbocycles.